The van der Waals surface area contributed by atoms with Crippen LogP contribution in [0, 0.1) is 0 Å². The van der Waals surface area contributed by atoms with Crippen LogP contribution in [0.2, 0.25) is 0 Å². The lowest BCUT2D eigenvalue weighted by Crippen LogP contribution is -2.48. The van der Waals surface area contributed by atoms with Crippen molar-refractivity contribution in [3.05, 3.63) is 22.8 Å². The number of nitrogens with zero attached hydrogens (tertiary/aromatic N) is 1. The smallest absolute Gasteiger partial charge is 0.140 e. The maximum atomic E-state index is 9.28. The average Bonchev–Trinajstić information content (AvgIpc) is 2.14. The summed E-state index contributed by atoms with van der Waals surface area (Å²) in [5, 5.41) is 12.6. The van der Waals surface area contributed by atoms with Gasteiger partial charge < -0.3 is 10.4 Å². The Morgan fingerprint density at radius 1 is 1.57 bits per heavy atom. The molecule has 0 radical (unpaired) electrons. The summed E-state index contributed by atoms with van der Waals surface area (Å²) in [4.78, 5) is 4.22. The molecular weight excluding hydrogens is 244 g/mol. The van der Waals surface area contributed by atoms with E-state index in [1.165, 1.54) is 6.42 Å². The molecular formula is C10H13BrN2O. The lowest BCUT2D eigenvalue weighted by molar-refractivity contribution is 0.143. The fourth-order valence-corrected chi connectivity index (χ4v) is 2.01. The summed E-state index contributed by atoms with van der Waals surface area (Å²) in [6.07, 6.45) is 4.97. The lowest BCUT2D eigenvalue weighted by Gasteiger charge is -2.41. The second kappa shape index (κ2) is 3.87. The predicted octanol–water partition coefficient (Wildman–Crippen LogP) is 2.17. The van der Waals surface area contributed by atoms with Crippen molar-refractivity contribution in [3.8, 4) is 0 Å². The first-order chi connectivity index (χ1) is 6.76. The highest BCUT2D eigenvalue weighted by Crippen LogP contribution is 2.35. The van der Waals surface area contributed by atoms with Gasteiger partial charge in [0.25, 0.3) is 0 Å². The molecule has 1 aliphatic carbocycles. The van der Waals surface area contributed by atoms with Crippen LogP contribution in [0.5, 0.6) is 0 Å². The van der Waals surface area contributed by atoms with E-state index in [1.54, 1.807) is 6.20 Å². The highest BCUT2D eigenvalue weighted by molar-refractivity contribution is 9.10. The van der Waals surface area contributed by atoms with Crippen molar-refractivity contribution in [3.63, 3.8) is 0 Å². The summed E-state index contributed by atoms with van der Waals surface area (Å²) in [5.41, 5.74) is -0.128. The van der Waals surface area contributed by atoms with Crippen molar-refractivity contribution >= 4 is 21.7 Å². The second-order valence-corrected chi connectivity index (χ2v) is 4.61. The van der Waals surface area contributed by atoms with Crippen molar-refractivity contribution in [1.29, 1.82) is 0 Å². The van der Waals surface area contributed by atoms with E-state index in [4.69, 9.17) is 0 Å². The molecule has 0 bridgehead atoms. The first-order valence-corrected chi connectivity index (χ1v) is 5.55. The third-order valence-electron chi connectivity index (χ3n) is 2.76. The van der Waals surface area contributed by atoms with Gasteiger partial charge in [-0.2, -0.15) is 0 Å². The van der Waals surface area contributed by atoms with Gasteiger partial charge in [0.1, 0.15) is 5.82 Å². The van der Waals surface area contributed by atoms with Gasteiger partial charge in [-0.25, -0.2) is 4.98 Å². The number of hydrogen-bond donors (Lipinski definition) is 2. The van der Waals surface area contributed by atoms with E-state index < -0.39 is 0 Å². The van der Waals surface area contributed by atoms with Crippen LogP contribution in [-0.4, -0.2) is 22.2 Å². The Kier molecular flexibility index (Phi) is 2.74. The van der Waals surface area contributed by atoms with Crippen LogP contribution in [0.15, 0.2) is 22.8 Å². The zero-order valence-corrected chi connectivity index (χ0v) is 9.42. The number of aliphatic hydroxyl groups excluding tert-OH is 1. The molecule has 0 amide bonds. The number of aromatic nitrogens is 1. The van der Waals surface area contributed by atoms with Crippen LogP contribution in [0.25, 0.3) is 0 Å². The van der Waals surface area contributed by atoms with Gasteiger partial charge in [-0.15, -0.1) is 0 Å². The zero-order chi connectivity index (χ0) is 10.0. The summed E-state index contributed by atoms with van der Waals surface area (Å²) in [6, 6.07) is 3.82. The van der Waals surface area contributed by atoms with Crippen molar-refractivity contribution in [2.75, 3.05) is 11.9 Å². The van der Waals surface area contributed by atoms with E-state index in [0.29, 0.717) is 0 Å². The molecule has 1 aromatic heterocycles. The molecule has 14 heavy (non-hydrogen) atoms. The van der Waals surface area contributed by atoms with E-state index in [-0.39, 0.29) is 12.1 Å². The van der Waals surface area contributed by atoms with Gasteiger partial charge in [0.05, 0.1) is 16.6 Å². The third kappa shape index (κ3) is 1.77. The van der Waals surface area contributed by atoms with Gasteiger partial charge in [0.15, 0.2) is 0 Å². The lowest BCUT2D eigenvalue weighted by atomic mass is 9.77. The van der Waals surface area contributed by atoms with Crippen LogP contribution >= 0.6 is 15.9 Å². The molecule has 76 valence electrons. The molecule has 1 saturated carbocycles. The highest BCUT2D eigenvalue weighted by atomic mass is 79.9. The zero-order valence-electron chi connectivity index (χ0n) is 7.83. The monoisotopic (exact) mass is 256 g/mol. The minimum Gasteiger partial charge on any atom is -0.394 e. The quantitative estimate of drug-likeness (QED) is 0.872. The van der Waals surface area contributed by atoms with Gasteiger partial charge >= 0.3 is 0 Å². The largest absolute Gasteiger partial charge is 0.394 e. The Morgan fingerprint density at radius 3 is 2.86 bits per heavy atom. The van der Waals surface area contributed by atoms with Crippen molar-refractivity contribution in [1.82, 2.24) is 4.98 Å². The van der Waals surface area contributed by atoms with E-state index in [0.717, 1.165) is 23.1 Å². The van der Waals surface area contributed by atoms with Gasteiger partial charge in [-0.1, -0.05) is 0 Å². The number of hydrogen-bond acceptors (Lipinski definition) is 3. The Bertz CT molecular complexity index is 320. The molecule has 0 aromatic carbocycles. The van der Waals surface area contributed by atoms with Crippen LogP contribution in [0.4, 0.5) is 5.82 Å². The molecule has 1 fully saturated rings. The Labute approximate surface area is 91.7 Å². The number of halogens is 1. The topological polar surface area (TPSA) is 45.1 Å². The SMILES string of the molecule is OCC1(Nc2ncccc2Br)CCC1. The molecule has 4 heteroatoms. The van der Waals surface area contributed by atoms with Gasteiger partial charge in [-0.05, 0) is 47.3 Å². The molecule has 3 nitrogen and oxygen atoms in total. The van der Waals surface area contributed by atoms with E-state index in [9.17, 15) is 5.11 Å². The molecule has 0 atom stereocenters. The molecule has 1 aromatic rings. The number of rotatable bonds is 3. The first-order valence-electron chi connectivity index (χ1n) is 4.75. The standard InChI is InChI=1S/C10H13BrN2O/c11-8-3-1-6-12-9(8)13-10(7-14)4-2-5-10/h1,3,6,14H,2,4-5,7H2,(H,12,13). The number of anilines is 1. The molecule has 0 saturated heterocycles. The van der Waals surface area contributed by atoms with Gasteiger partial charge in [0.2, 0.25) is 0 Å². The third-order valence-corrected chi connectivity index (χ3v) is 3.40. The van der Waals surface area contributed by atoms with Crippen LogP contribution in [0.3, 0.4) is 0 Å². The summed E-state index contributed by atoms with van der Waals surface area (Å²) >= 11 is 3.42. The van der Waals surface area contributed by atoms with Crippen molar-refractivity contribution < 1.29 is 5.11 Å². The van der Waals surface area contributed by atoms with Gasteiger partial charge in [-0.3, -0.25) is 0 Å². The Morgan fingerprint density at radius 2 is 2.36 bits per heavy atom. The fourth-order valence-electron chi connectivity index (χ4n) is 1.66. The van der Waals surface area contributed by atoms with Crippen molar-refractivity contribution in [2.24, 2.45) is 0 Å². The second-order valence-electron chi connectivity index (χ2n) is 3.75. The number of pyridine rings is 1. The molecule has 1 heterocycles. The average molecular weight is 257 g/mol. The Hall–Kier alpha value is -0.610. The van der Waals surface area contributed by atoms with E-state index >= 15 is 0 Å². The number of nitrogens with one attached hydrogen (secondary N) is 1. The van der Waals surface area contributed by atoms with E-state index in [1.807, 2.05) is 12.1 Å². The minimum absolute atomic E-state index is 0.128. The first kappa shape index (κ1) is 9.93. The van der Waals surface area contributed by atoms with Gasteiger partial charge in [0, 0.05) is 6.20 Å². The van der Waals surface area contributed by atoms with Crippen LogP contribution in [-0.2, 0) is 0 Å². The van der Waals surface area contributed by atoms with Crippen LogP contribution in [0.1, 0.15) is 19.3 Å². The maximum absolute atomic E-state index is 9.28. The molecule has 0 aliphatic heterocycles. The fraction of sp³-hybridized carbons (Fsp3) is 0.500. The summed E-state index contributed by atoms with van der Waals surface area (Å²) in [6.45, 7) is 0.177. The molecule has 2 rings (SSSR count). The van der Waals surface area contributed by atoms with Crippen molar-refractivity contribution in [2.45, 2.75) is 24.8 Å². The summed E-state index contributed by atoms with van der Waals surface area (Å²) < 4.78 is 0.944. The van der Waals surface area contributed by atoms with E-state index in [2.05, 4.69) is 26.2 Å². The summed E-state index contributed by atoms with van der Waals surface area (Å²) in [7, 11) is 0. The Balaban J connectivity index is 2.13. The number of aliphatic hydroxyl groups is 1. The molecule has 1 aliphatic rings. The summed E-state index contributed by atoms with van der Waals surface area (Å²) in [5.74, 6) is 0.821. The maximum Gasteiger partial charge on any atom is 0.140 e. The molecule has 2 N–H and O–H groups in total. The van der Waals surface area contributed by atoms with Crippen LogP contribution < -0.4 is 5.32 Å². The predicted molar refractivity (Wildman–Crippen MR) is 59.2 cm³/mol. The minimum atomic E-state index is -0.128. The highest BCUT2D eigenvalue weighted by Gasteiger charge is 2.36. The normalized spacial score (nSPS) is 18.7. The molecule has 0 spiro atoms. The molecule has 0 unspecified atom stereocenters.